The third-order valence-corrected chi connectivity index (χ3v) is 5.55. The first-order valence-electron chi connectivity index (χ1n) is 10.2. The smallest absolute Gasteiger partial charge is 0.220 e. The number of hydrogen-bond donors (Lipinski definition) is 1. The summed E-state index contributed by atoms with van der Waals surface area (Å²) in [5.74, 6) is 1.39. The van der Waals surface area contributed by atoms with Gasteiger partial charge >= 0.3 is 0 Å². The van der Waals surface area contributed by atoms with E-state index in [0.29, 0.717) is 30.9 Å². The SMILES string of the molecule is COc1ccc(CCC(=O)NCC(C)(c2ccccc2)c2ccccc2)cc1OC. The number of benzene rings is 3. The maximum Gasteiger partial charge on any atom is 0.220 e. The number of nitrogens with one attached hydrogen (secondary N) is 1. The molecule has 30 heavy (non-hydrogen) atoms. The van der Waals surface area contributed by atoms with E-state index in [1.54, 1.807) is 14.2 Å². The Morgan fingerprint density at radius 3 is 1.93 bits per heavy atom. The molecule has 0 fully saturated rings. The van der Waals surface area contributed by atoms with Crippen LogP contribution in [0.15, 0.2) is 78.9 Å². The van der Waals surface area contributed by atoms with E-state index in [0.717, 1.165) is 5.56 Å². The number of ether oxygens (including phenoxy) is 2. The number of amides is 1. The zero-order valence-corrected chi connectivity index (χ0v) is 17.9. The molecule has 0 aliphatic heterocycles. The van der Waals surface area contributed by atoms with Crippen LogP contribution in [0.5, 0.6) is 11.5 Å². The molecule has 0 aliphatic rings. The standard InChI is InChI=1S/C26H29NO3/c1-26(21-10-6-4-7-11-21,22-12-8-5-9-13-22)19-27-25(28)17-15-20-14-16-23(29-2)24(18-20)30-3/h4-14,16,18H,15,17,19H2,1-3H3,(H,27,28). The Kier molecular flexibility index (Phi) is 7.12. The molecule has 0 bridgehead atoms. The van der Waals surface area contributed by atoms with E-state index >= 15 is 0 Å². The number of hydrogen-bond acceptors (Lipinski definition) is 3. The van der Waals surface area contributed by atoms with E-state index < -0.39 is 0 Å². The van der Waals surface area contributed by atoms with Gasteiger partial charge in [0.25, 0.3) is 0 Å². The average Bonchev–Trinajstić information content (AvgIpc) is 2.82. The van der Waals surface area contributed by atoms with Crippen LogP contribution in [-0.2, 0) is 16.6 Å². The van der Waals surface area contributed by atoms with Gasteiger partial charge in [0.05, 0.1) is 14.2 Å². The summed E-state index contributed by atoms with van der Waals surface area (Å²) in [5, 5.41) is 3.15. The lowest BCUT2D eigenvalue weighted by molar-refractivity contribution is -0.121. The Labute approximate surface area is 178 Å². The quantitative estimate of drug-likeness (QED) is 0.560. The van der Waals surface area contributed by atoms with Crippen LogP contribution in [0.4, 0.5) is 0 Å². The molecule has 1 N–H and O–H groups in total. The van der Waals surface area contributed by atoms with Crippen molar-refractivity contribution >= 4 is 5.91 Å². The topological polar surface area (TPSA) is 47.6 Å². The second-order valence-corrected chi connectivity index (χ2v) is 7.53. The van der Waals surface area contributed by atoms with E-state index in [1.807, 2.05) is 54.6 Å². The monoisotopic (exact) mass is 403 g/mol. The Hall–Kier alpha value is -3.27. The lowest BCUT2D eigenvalue weighted by Crippen LogP contribution is -2.39. The summed E-state index contributed by atoms with van der Waals surface area (Å²) < 4.78 is 10.6. The van der Waals surface area contributed by atoms with E-state index in [9.17, 15) is 4.79 Å². The van der Waals surface area contributed by atoms with Crippen molar-refractivity contribution < 1.29 is 14.3 Å². The predicted molar refractivity (Wildman–Crippen MR) is 120 cm³/mol. The molecule has 3 rings (SSSR count). The van der Waals surface area contributed by atoms with Crippen LogP contribution in [0.1, 0.15) is 30.0 Å². The summed E-state index contributed by atoms with van der Waals surface area (Å²) in [6, 6.07) is 26.4. The molecule has 0 radical (unpaired) electrons. The van der Waals surface area contributed by atoms with Gasteiger partial charge in [0.1, 0.15) is 0 Å². The average molecular weight is 404 g/mol. The van der Waals surface area contributed by atoms with Gasteiger partial charge in [-0.1, -0.05) is 66.7 Å². The molecule has 3 aromatic rings. The minimum atomic E-state index is -0.304. The van der Waals surface area contributed by atoms with E-state index in [1.165, 1.54) is 11.1 Å². The molecule has 3 aromatic carbocycles. The first kappa shape index (κ1) is 21.4. The van der Waals surface area contributed by atoms with Crippen molar-refractivity contribution in [1.29, 1.82) is 0 Å². The van der Waals surface area contributed by atoms with Gasteiger partial charge in [-0.05, 0) is 42.2 Å². The fourth-order valence-corrected chi connectivity index (χ4v) is 3.64. The molecule has 0 heterocycles. The third-order valence-electron chi connectivity index (χ3n) is 5.55. The largest absolute Gasteiger partial charge is 0.493 e. The number of methoxy groups -OCH3 is 2. The van der Waals surface area contributed by atoms with Crippen molar-refractivity contribution in [3.8, 4) is 11.5 Å². The van der Waals surface area contributed by atoms with Crippen LogP contribution in [0, 0.1) is 0 Å². The second-order valence-electron chi connectivity index (χ2n) is 7.53. The summed E-state index contributed by atoms with van der Waals surface area (Å²) >= 11 is 0. The zero-order chi connectivity index (χ0) is 21.4. The highest BCUT2D eigenvalue weighted by molar-refractivity contribution is 5.76. The minimum absolute atomic E-state index is 0.0304. The second kappa shape index (κ2) is 9.97. The molecule has 0 spiro atoms. The molecule has 4 heteroatoms. The van der Waals surface area contributed by atoms with E-state index in [4.69, 9.17) is 9.47 Å². The van der Waals surface area contributed by atoms with Crippen LogP contribution in [0.3, 0.4) is 0 Å². The molecule has 0 saturated carbocycles. The van der Waals surface area contributed by atoms with Crippen LogP contribution in [-0.4, -0.2) is 26.7 Å². The maximum absolute atomic E-state index is 12.6. The Bertz CT molecular complexity index is 915. The van der Waals surface area contributed by atoms with Gasteiger partial charge in [0, 0.05) is 18.4 Å². The summed E-state index contributed by atoms with van der Waals surface area (Å²) in [4.78, 5) is 12.6. The fraction of sp³-hybridized carbons (Fsp3) is 0.269. The molecule has 1 amide bonds. The number of carbonyl (C=O) groups is 1. The van der Waals surface area contributed by atoms with Crippen molar-refractivity contribution in [2.45, 2.75) is 25.2 Å². The zero-order valence-electron chi connectivity index (χ0n) is 17.9. The van der Waals surface area contributed by atoms with Crippen molar-refractivity contribution in [2.75, 3.05) is 20.8 Å². The Balaban J connectivity index is 1.67. The van der Waals surface area contributed by atoms with Gasteiger partial charge in [-0.15, -0.1) is 0 Å². The summed E-state index contributed by atoms with van der Waals surface area (Å²) in [7, 11) is 3.23. The molecule has 0 unspecified atom stereocenters. The van der Waals surface area contributed by atoms with Crippen molar-refractivity contribution in [1.82, 2.24) is 5.32 Å². The minimum Gasteiger partial charge on any atom is -0.493 e. The van der Waals surface area contributed by atoms with Crippen LogP contribution >= 0.6 is 0 Å². The Morgan fingerprint density at radius 2 is 1.40 bits per heavy atom. The van der Waals surface area contributed by atoms with E-state index in [-0.39, 0.29) is 11.3 Å². The van der Waals surface area contributed by atoms with E-state index in [2.05, 4.69) is 36.5 Å². The summed E-state index contributed by atoms with van der Waals surface area (Å²) in [6.45, 7) is 2.71. The van der Waals surface area contributed by atoms with Crippen LogP contribution in [0.2, 0.25) is 0 Å². The molecule has 0 saturated heterocycles. The molecule has 4 nitrogen and oxygen atoms in total. The van der Waals surface area contributed by atoms with Crippen molar-refractivity contribution in [2.24, 2.45) is 0 Å². The van der Waals surface area contributed by atoms with Crippen molar-refractivity contribution in [3.63, 3.8) is 0 Å². The Morgan fingerprint density at radius 1 is 0.833 bits per heavy atom. The maximum atomic E-state index is 12.6. The lowest BCUT2D eigenvalue weighted by Gasteiger charge is -2.31. The highest BCUT2D eigenvalue weighted by Gasteiger charge is 2.29. The molecular weight excluding hydrogens is 374 g/mol. The van der Waals surface area contributed by atoms with Crippen LogP contribution < -0.4 is 14.8 Å². The van der Waals surface area contributed by atoms with Gasteiger partial charge in [-0.3, -0.25) is 4.79 Å². The molecular formula is C26H29NO3. The summed E-state index contributed by atoms with van der Waals surface area (Å²) in [5.41, 5.74) is 3.09. The van der Waals surface area contributed by atoms with Gasteiger partial charge in [0.15, 0.2) is 11.5 Å². The molecule has 156 valence electrons. The lowest BCUT2D eigenvalue weighted by atomic mass is 9.76. The van der Waals surface area contributed by atoms with Crippen molar-refractivity contribution in [3.05, 3.63) is 95.6 Å². The van der Waals surface area contributed by atoms with Gasteiger partial charge < -0.3 is 14.8 Å². The highest BCUT2D eigenvalue weighted by atomic mass is 16.5. The third kappa shape index (κ3) is 5.01. The first-order chi connectivity index (χ1) is 14.6. The number of aryl methyl sites for hydroxylation is 1. The number of carbonyl (C=O) groups excluding carboxylic acids is 1. The normalized spacial score (nSPS) is 11.0. The van der Waals surface area contributed by atoms with Gasteiger partial charge in [0.2, 0.25) is 5.91 Å². The van der Waals surface area contributed by atoms with Gasteiger partial charge in [-0.2, -0.15) is 0 Å². The summed E-state index contributed by atoms with van der Waals surface area (Å²) in [6.07, 6.45) is 1.05. The fourth-order valence-electron chi connectivity index (χ4n) is 3.64. The van der Waals surface area contributed by atoms with Crippen LogP contribution in [0.25, 0.3) is 0 Å². The molecule has 0 atom stereocenters. The molecule has 0 aliphatic carbocycles. The van der Waals surface area contributed by atoms with Gasteiger partial charge in [-0.25, -0.2) is 0 Å². The first-order valence-corrected chi connectivity index (χ1v) is 10.2. The number of rotatable bonds is 9. The predicted octanol–water partition coefficient (Wildman–Crippen LogP) is 4.76. The molecule has 0 aromatic heterocycles. The highest BCUT2D eigenvalue weighted by Crippen LogP contribution is 2.31.